The Morgan fingerprint density at radius 1 is 1.25 bits per heavy atom. The standard InChI is InChI=1S/C25H34BrNO5/c1-5-30-23(28)19(14-17-9-7-6-8-10-17)27-22-21(26)24(29)32-25(22)31-20-13-16(4)11-12-18(20)15(2)3/h6-10,15-16,18-20,25,27H,5,11-14H2,1-4H3/t16?,18?,19-,20?,25-/m0/s1. The van der Waals surface area contributed by atoms with E-state index in [2.05, 4.69) is 42.0 Å². The van der Waals surface area contributed by atoms with Crippen molar-refractivity contribution in [1.82, 2.24) is 5.32 Å². The van der Waals surface area contributed by atoms with Crippen molar-refractivity contribution in [3.63, 3.8) is 0 Å². The molecule has 0 spiro atoms. The summed E-state index contributed by atoms with van der Waals surface area (Å²) in [5.41, 5.74) is 1.43. The third-order valence-corrected chi connectivity index (χ3v) is 7.06. The number of cyclic esters (lactones) is 1. The Hall–Kier alpha value is -1.86. The number of ether oxygens (including phenoxy) is 3. The lowest BCUT2D eigenvalue weighted by Gasteiger charge is -2.38. The van der Waals surface area contributed by atoms with Gasteiger partial charge in [0.1, 0.15) is 16.2 Å². The molecule has 3 unspecified atom stereocenters. The molecule has 176 valence electrons. The Morgan fingerprint density at radius 3 is 2.62 bits per heavy atom. The van der Waals surface area contributed by atoms with E-state index in [1.165, 1.54) is 6.42 Å². The van der Waals surface area contributed by atoms with Crippen LogP contribution in [0.4, 0.5) is 0 Å². The number of esters is 2. The molecule has 32 heavy (non-hydrogen) atoms. The Bertz CT molecular complexity index is 825. The number of carbonyl (C=O) groups is 2. The van der Waals surface area contributed by atoms with Crippen molar-refractivity contribution in [1.29, 1.82) is 0 Å². The third-order valence-electron chi connectivity index (χ3n) is 6.31. The minimum absolute atomic E-state index is 0.0121. The molecule has 0 bridgehead atoms. The molecule has 7 heteroatoms. The minimum atomic E-state index is -0.874. The van der Waals surface area contributed by atoms with Gasteiger partial charge in [-0.3, -0.25) is 0 Å². The summed E-state index contributed by atoms with van der Waals surface area (Å²) in [4.78, 5) is 25.1. The lowest BCUT2D eigenvalue weighted by atomic mass is 9.75. The predicted octanol–water partition coefficient (Wildman–Crippen LogP) is 4.72. The topological polar surface area (TPSA) is 73.9 Å². The fraction of sp³-hybridized carbons (Fsp3) is 0.600. The van der Waals surface area contributed by atoms with Crippen LogP contribution in [0.5, 0.6) is 0 Å². The highest BCUT2D eigenvalue weighted by molar-refractivity contribution is 9.12. The Morgan fingerprint density at radius 2 is 1.97 bits per heavy atom. The van der Waals surface area contributed by atoms with Gasteiger partial charge in [0, 0.05) is 6.42 Å². The molecule has 6 nitrogen and oxygen atoms in total. The van der Waals surface area contributed by atoms with Crippen molar-refractivity contribution in [2.45, 2.75) is 71.8 Å². The highest BCUT2D eigenvalue weighted by Crippen LogP contribution is 2.38. The van der Waals surface area contributed by atoms with Crippen LogP contribution in [-0.2, 0) is 30.2 Å². The van der Waals surface area contributed by atoms with Crippen LogP contribution in [0.1, 0.15) is 52.5 Å². The van der Waals surface area contributed by atoms with Gasteiger partial charge in [0.05, 0.1) is 12.7 Å². The first-order valence-corrected chi connectivity index (χ1v) is 12.3. The molecule has 1 aliphatic carbocycles. The number of halogens is 1. The summed E-state index contributed by atoms with van der Waals surface area (Å²) >= 11 is 3.34. The van der Waals surface area contributed by atoms with Gasteiger partial charge in [0.2, 0.25) is 6.29 Å². The molecule has 3 rings (SSSR count). The van der Waals surface area contributed by atoms with Crippen LogP contribution in [0.3, 0.4) is 0 Å². The van der Waals surface area contributed by atoms with Crippen LogP contribution in [0.25, 0.3) is 0 Å². The lowest BCUT2D eigenvalue weighted by molar-refractivity contribution is -0.182. The van der Waals surface area contributed by atoms with Gasteiger partial charge in [-0.1, -0.05) is 57.5 Å². The zero-order valence-corrected chi connectivity index (χ0v) is 20.9. The van der Waals surface area contributed by atoms with E-state index >= 15 is 0 Å². The zero-order valence-electron chi connectivity index (χ0n) is 19.3. The Kier molecular flexibility index (Phi) is 8.77. The monoisotopic (exact) mass is 507 g/mol. The molecule has 1 saturated carbocycles. The van der Waals surface area contributed by atoms with Crippen LogP contribution in [-0.4, -0.2) is 37.0 Å². The van der Waals surface area contributed by atoms with Gasteiger partial charge in [0.25, 0.3) is 0 Å². The lowest BCUT2D eigenvalue weighted by Crippen LogP contribution is -2.44. The van der Waals surface area contributed by atoms with Crippen LogP contribution in [0.2, 0.25) is 0 Å². The van der Waals surface area contributed by atoms with E-state index in [-0.39, 0.29) is 23.2 Å². The summed E-state index contributed by atoms with van der Waals surface area (Å²) in [7, 11) is 0. The van der Waals surface area contributed by atoms with Gasteiger partial charge in [-0.2, -0.15) is 0 Å². The smallest absolute Gasteiger partial charge is 0.349 e. The second kappa shape index (κ2) is 11.3. The summed E-state index contributed by atoms with van der Waals surface area (Å²) in [6, 6.07) is 9.02. The average molecular weight is 508 g/mol. The average Bonchev–Trinajstić information content (AvgIpc) is 3.01. The first-order chi connectivity index (χ1) is 15.3. The first kappa shape index (κ1) is 24.8. The van der Waals surface area contributed by atoms with Crippen molar-refractivity contribution >= 4 is 27.9 Å². The normalized spacial score (nSPS) is 26.8. The van der Waals surface area contributed by atoms with Crippen LogP contribution >= 0.6 is 15.9 Å². The number of rotatable bonds is 9. The maximum Gasteiger partial charge on any atom is 0.349 e. The van der Waals surface area contributed by atoms with E-state index in [1.54, 1.807) is 6.92 Å². The molecule has 0 saturated heterocycles. The van der Waals surface area contributed by atoms with Gasteiger partial charge < -0.3 is 19.5 Å². The SMILES string of the molecule is CCOC(=O)[C@H](Cc1ccccc1)NC1=C(Br)C(=O)O[C@@H]1OC1CC(C)CCC1C(C)C. The molecule has 0 amide bonds. The van der Waals surface area contributed by atoms with Gasteiger partial charge in [0.15, 0.2) is 0 Å². The molecular weight excluding hydrogens is 474 g/mol. The number of carbonyl (C=O) groups excluding carboxylic acids is 2. The Balaban J connectivity index is 1.80. The number of benzene rings is 1. The fourth-order valence-corrected chi connectivity index (χ4v) is 4.95. The van der Waals surface area contributed by atoms with E-state index < -0.39 is 18.3 Å². The van der Waals surface area contributed by atoms with Crippen molar-refractivity contribution in [3.05, 3.63) is 46.1 Å². The highest BCUT2D eigenvalue weighted by Gasteiger charge is 2.41. The second-order valence-electron chi connectivity index (χ2n) is 9.10. The molecule has 1 heterocycles. The molecule has 1 N–H and O–H groups in total. The van der Waals surface area contributed by atoms with Gasteiger partial charge in [-0.05, 0) is 59.0 Å². The summed E-state index contributed by atoms with van der Waals surface area (Å²) in [5, 5.41) is 3.21. The zero-order chi connectivity index (χ0) is 23.3. The molecule has 1 aromatic rings. The fourth-order valence-electron chi connectivity index (χ4n) is 4.55. The predicted molar refractivity (Wildman–Crippen MR) is 126 cm³/mol. The van der Waals surface area contributed by atoms with E-state index in [4.69, 9.17) is 14.2 Å². The Labute approximate surface area is 199 Å². The van der Waals surface area contributed by atoms with E-state index in [0.717, 1.165) is 18.4 Å². The first-order valence-electron chi connectivity index (χ1n) is 11.5. The molecule has 1 aromatic carbocycles. The number of nitrogens with one attached hydrogen (secondary N) is 1. The summed E-state index contributed by atoms with van der Waals surface area (Å²) < 4.78 is 17.5. The maximum absolute atomic E-state index is 12.7. The minimum Gasteiger partial charge on any atom is -0.464 e. The molecule has 0 radical (unpaired) electrons. The van der Waals surface area contributed by atoms with Crippen molar-refractivity contribution in [2.24, 2.45) is 17.8 Å². The molecule has 5 atom stereocenters. The summed E-state index contributed by atoms with van der Waals surface area (Å²) in [6.07, 6.45) is 2.73. The van der Waals surface area contributed by atoms with Gasteiger partial charge >= 0.3 is 11.9 Å². The van der Waals surface area contributed by atoms with E-state index in [9.17, 15) is 9.59 Å². The molecule has 2 aliphatic rings. The maximum atomic E-state index is 12.7. The van der Waals surface area contributed by atoms with Crippen LogP contribution < -0.4 is 5.32 Å². The van der Waals surface area contributed by atoms with E-state index in [1.807, 2.05) is 30.3 Å². The van der Waals surface area contributed by atoms with E-state index in [0.29, 0.717) is 29.9 Å². The summed E-state index contributed by atoms with van der Waals surface area (Å²) in [6.45, 7) is 8.70. The van der Waals surface area contributed by atoms with Crippen molar-refractivity contribution in [3.8, 4) is 0 Å². The second-order valence-corrected chi connectivity index (χ2v) is 9.90. The molecule has 0 aromatic heterocycles. The van der Waals surface area contributed by atoms with Crippen LogP contribution in [0, 0.1) is 17.8 Å². The van der Waals surface area contributed by atoms with Gasteiger partial charge in [-0.25, -0.2) is 9.59 Å². The molecule has 1 fully saturated rings. The number of hydrogen-bond acceptors (Lipinski definition) is 6. The largest absolute Gasteiger partial charge is 0.464 e. The quantitative estimate of drug-likeness (QED) is 0.487. The van der Waals surface area contributed by atoms with Gasteiger partial charge in [-0.15, -0.1) is 0 Å². The van der Waals surface area contributed by atoms with Crippen LogP contribution in [0.15, 0.2) is 40.5 Å². The third kappa shape index (κ3) is 6.13. The molecular formula is C25H34BrNO5. The van der Waals surface area contributed by atoms with Crippen molar-refractivity contribution < 1.29 is 23.8 Å². The number of hydrogen-bond donors (Lipinski definition) is 1. The highest BCUT2D eigenvalue weighted by atomic mass is 79.9. The molecule has 1 aliphatic heterocycles. The summed E-state index contributed by atoms with van der Waals surface area (Å²) in [5.74, 6) is 0.550. The van der Waals surface area contributed by atoms with Crippen molar-refractivity contribution in [2.75, 3.05) is 6.61 Å².